The molecule has 0 N–H and O–H groups in total. The van der Waals surface area contributed by atoms with E-state index in [0.717, 1.165) is 34.3 Å². The highest BCUT2D eigenvalue weighted by Crippen LogP contribution is 2.48. The molecule has 0 atom stereocenters. The molecule has 0 aromatic heterocycles. The Kier molecular flexibility index (Phi) is 4.43. The number of aryl methyl sites for hydroxylation is 1. The first kappa shape index (κ1) is 15.6. The number of fused-ring (bicyclic) bond motifs is 1. The van der Waals surface area contributed by atoms with Crippen molar-refractivity contribution in [1.82, 2.24) is 0 Å². The smallest absolute Gasteiger partial charge is 0.379 e. The zero-order chi connectivity index (χ0) is 16.9. The molecule has 0 saturated heterocycles. The molecule has 3 rings (SSSR count). The molecule has 0 radical (unpaired) electrons. The highest BCUT2D eigenvalue weighted by Gasteiger charge is 2.22. The van der Waals surface area contributed by atoms with Crippen molar-refractivity contribution in [2.75, 3.05) is 0 Å². The molecule has 1 aliphatic rings. The van der Waals surface area contributed by atoms with Crippen molar-refractivity contribution >= 4 is 24.1 Å². The first-order valence-corrected chi connectivity index (χ1v) is 7.28. The third-order valence-electron chi connectivity index (χ3n) is 3.37. The second-order valence-electron chi connectivity index (χ2n) is 5.10. The van der Waals surface area contributed by atoms with Gasteiger partial charge in [-0.05, 0) is 36.3 Å². The van der Waals surface area contributed by atoms with Gasteiger partial charge < -0.3 is 4.74 Å². The van der Waals surface area contributed by atoms with E-state index in [-0.39, 0.29) is 0 Å². The van der Waals surface area contributed by atoms with Crippen LogP contribution >= 0.6 is 0 Å². The molecule has 0 fully saturated rings. The van der Waals surface area contributed by atoms with E-state index in [0.29, 0.717) is 0 Å². The topological polar surface area (TPSA) is 65.1 Å². The molecule has 0 amide bonds. The van der Waals surface area contributed by atoms with Crippen molar-refractivity contribution in [2.45, 2.75) is 6.92 Å². The lowest BCUT2D eigenvalue weighted by molar-refractivity contribution is -0.250. The third kappa shape index (κ3) is 3.89. The van der Waals surface area contributed by atoms with Gasteiger partial charge in [0.15, 0.2) is 11.5 Å². The highest BCUT2D eigenvalue weighted by molar-refractivity contribution is 5.90. The van der Waals surface area contributed by atoms with Crippen molar-refractivity contribution in [3.63, 3.8) is 0 Å². The molecule has 5 heteroatoms. The number of para-hydroxylation sites is 1. The largest absolute Gasteiger partial charge is 0.449 e. The van der Waals surface area contributed by atoms with Gasteiger partial charge >= 0.3 is 11.9 Å². The highest BCUT2D eigenvalue weighted by atomic mass is 17.2. The normalized spacial score (nSPS) is 11.9. The molecule has 1 aliphatic heterocycles. The van der Waals surface area contributed by atoms with Gasteiger partial charge in [0.2, 0.25) is 0 Å². The fraction of sp³-hybridized carbons (Fsp3) is 0.0526. The summed E-state index contributed by atoms with van der Waals surface area (Å²) in [5.74, 6) is -0.0285. The van der Waals surface area contributed by atoms with Gasteiger partial charge in [-0.25, -0.2) is 19.4 Å². The van der Waals surface area contributed by atoms with Crippen molar-refractivity contribution in [3.05, 3.63) is 71.3 Å². The Morgan fingerprint density at radius 1 is 0.875 bits per heavy atom. The zero-order valence-corrected chi connectivity index (χ0v) is 12.9. The quantitative estimate of drug-likeness (QED) is 0.316. The Morgan fingerprint density at radius 3 is 2.21 bits per heavy atom. The summed E-state index contributed by atoms with van der Waals surface area (Å²) in [7, 11) is 0. The van der Waals surface area contributed by atoms with Crippen LogP contribution in [0.3, 0.4) is 0 Å². The molecule has 0 saturated carbocycles. The van der Waals surface area contributed by atoms with Crippen molar-refractivity contribution in [3.8, 4) is 11.5 Å². The van der Waals surface area contributed by atoms with E-state index in [1.807, 2.05) is 43.3 Å². The van der Waals surface area contributed by atoms with E-state index < -0.39 is 11.9 Å². The molecule has 0 aliphatic carbocycles. The van der Waals surface area contributed by atoms with Gasteiger partial charge in [-0.3, -0.25) is 0 Å². The third-order valence-corrected chi connectivity index (χ3v) is 3.37. The van der Waals surface area contributed by atoms with Crippen LogP contribution in [0.1, 0.15) is 16.7 Å². The van der Waals surface area contributed by atoms with E-state index >= 15 is 0 Å². The molecule has 120 valence electrons. The maximum Gasteiger partial charge on any atom is 0.379 e. The van der Waals surface area contributed by atoms with E-state index in [1.54, 1.807) is 12.1 Å². The van der Waals surface area contributed by atoms with E-state index in [2.05, 4.69) is 9.78 Å². The van der Waals surface area contributed by atoms with Crippen LogP contribution in [0, 0.1) is 6.92 Å². The average Bonchev–Trinajstić information content (AvgIpc) is 3.37. The van der Waals surface area contributed by atoms with Crippen molar-refractivity contribution in [2.24, 2.45) is 0 Å². The Morgan fingerprint density at radius 2 is 1.50 bits per heavy atom. The van der Waals surface area contributed by atoms with Crippen molar-refractivity contribution in [1.29, 1.82) is 0 Å². The van der Waals surface area contributed by atoms with Crippen LogP contribution < -0.4 is 4.74 Å². The van der Waals surface area contributed by atoms with Gasteiger partial charge in [-0.1, -0.05) is 36.4 Å². The number of carbonyl (C=O) groups is 2. The maximum absolute atomic E-state index is 11.5. The van der Waals surface area contributed by atoms with Crippen LogP contribution in [0.4, 0.5) is 0 Å². The fourth-order valence-corrected chi connectivity index (χ4v) is 2.07. The van der Waals surface area contributed by atoms with Crippen LogP contribution in [0.25, 0.3) is 12.2 Å². The van der Waals surface area contributed by atoms with Crippen LogP contribution in [0.2, 0.25) is 0 Å². The summed E-state index contributed by atoms with van der Waals surface area (Å²) in [5, 5.41) is 0. The first-order valence-electron chi connectivity index (χ1n) is 7.28. The lowest BCUT2D eigenvalue weighted by Crippen LogP contribution is -2.06. The van der Waals surface area contributed by atoms with Crippen LogP contribution in [0.5, 0.6) is 11.5 Å². The molecule has 1 heterocycles. The average molecular weight is 322 g/mol. The second-order valence-corrected chi connectivity index (χ2v) is 5.10. The Balaban J connectivity index is 1.49. The van der Waals surface area contributed by atoms with Gasteiger partial charge in [0, 0.05) is 17.7 Å². The molecule has 0 bridgehead atoms. The minimum atomic E-state index is -0.786. The molecular formula is C19H14O5. The lowest BCUT2D eigenvalue weighted by Gasteiger charge is -1.99. The Labute approximate surface area is 138 Å². The number of hydrogen-bond donors (Lipinski definition) is 0. The fourth-order valence-electron chi connectivity index (χ4n) is 2.07. The van der Waals surface area contributed by atoms with E-state index in [1.165, 1.54) is 12.2 Å². The summed E-state index contributed by atoms with van der Waals surface area (Å²) < 4.78 is 5.18. The predicted octanol–water partition coefficient (Wildman–Crippen LogP) is 3.83. The maximum atomic E-state index is 11.5. The summed E-state index contributed by atoms with van der Waals surface area (Å²) in [4.78, 5) is 31.9. The Bertz CT molecular complexity index is 813. The monoisotopic (exact) mass is 322 g/mol. The van der Waals surface area contributed by atoms with Crippen LogP contribution in [-0.4, -0.2) is 11.9 Å². The number of benzene rings is 2. The summed E-state index contributed by atoms with van der Waals surface area (Å²) in [6, 6.07) is 13.0. The summed E-state index contributed by atoms with van der Waals surface area (Å²) in [6.07, 6.45) is 5.49. The van der Waals surface area contributed by atoms with E-state index in [4.69, 9.17) is 4.74 Å². The lowest BCUT2D eigenvalue weighted by atomic mass is 10.1. The van der Waals surface area contributed by atoms with E-state index in [9.17, 15) is 9.59 Å². The molecular weight excluding hydrogens is 308 g/mol. The second kappa shape index (κ2) is 6.83. The molecule has 0 unspecified atom stereocenters. The van der Waals surface area contributed by atoms with Crippen molar-refractivity contribution < 1.29 is 24.1 Å². The number of ether oxygens (including phenoxy) is 1. The molecule has 24 heavy (non-hydrogen) atoms. The van der Waals surface area contributed by atoms with Gasteiger partial charge in [-0.15, -0.1) is 0 Å². The molecule has 2 aromatic carbocycles. The van der Waals surface area contributed by atoms with Crippen LogP contribution in [0.15, 0.2) is 54.6 Å². The number of rotatable bonds is 4. The Hall–Kier alpha value is -3.34. The number of hydrogen-bond acceptors (Lipinski definition) is 5. The molecule has 2 aromatic rings. The SMILES string of the molecule is Cc1ccccc1/C=C/C(=O)OOC(=O)/C=C/c1cccc2c1O2. The molecule has 0 spiro atoms. The standard InChI is InChI=1S/C19H14O5/c1-13-5-2-3-6-14(13)9-11-17(20)23-24-18(21)12-10-15-7-4-8-16-19(15)22-16/h2-12H,1H3/b11-9+,12-10+. The van der Waals surface area contributed by atoms with Gasteiger partial charge in [0.25, 0.3) is 0 Å². The first-order chi connectivity index (χ1) is 11.6. The zero-order valence-electron chi connectivity index (χ0n) is 12.9. The minimum absolute atomic E-state index is 0.736. The summed E-state index contributed by atoms with van der Waals surface area (Å²) >= 11 is 0. The summed E-state index contributed by atoms with van der Waals surface area (Å²) in [5.41, 5.74) is 2.66. The predicted molar refractivity (Wildman–Crippen MR) is 87.9 cm³/mol. The summed E-state index contributed by atoms with van der Waals surface area (Å²) in [6.45, 7) is 1.93. The van der Waals surface area contributed by atoms with Gasteiger partial charge in [0.1, 0.15) is 0 Å². The van der Waals surface area contributed by atoms with Crippen LogP contribution in [-0.2, 0) is 19.4 Å². The minimum Gasteiger partial charge on any atom is -0.449 e. The number of carbonyl (C=O) groups excluding carboxylic acids is 2. The van der Waals surface area contributed by atoms with Gasteiger partial charge in [0.05, 0.1) is 0 Å². The van der Waals surface area contributed by atoms with Gasteiger partial charge in [-0.2, -0.15) is 0 Å². The molecule has 5 nitrogen and oxygen atoms in total.